The third-order valence-electron chi connectivity index (χ3n) is 4.07. The summed E-state index contributed by atoms with van der Waals surface area (Å²) in [7, 11) is 0. The van der Waals surface area contributed by atoms with Crippen molar-refractivity contribution in [3.63, 3.8) is 0 Å². The van der Waals surface area contributed by atoms with Crippen molar-refractivity contribution < 1.29 is 31.9 Å². The molecule has 2 aromatic carbocycles. The van der Waals surface area contributed by atoms with Crippen LogP contribution in [0.4, 0.5) is 18.9 Å². The second-order valence-electron chi connectivity index (χ2n) is 6.40. The molecule has 0 aliphatic carbocycles. The first-order chi connectivity index (χ1) is 15.1. The maximum atomic E-state index is 13.0. The fraction of sp³-hybridized carbons (Fsp3) is 0.143. The van der Waals surface area contributed by atoms with E-state index < -0.39 is 35.8 Å². The van der Waals surface area contributed by atoms with Crippen molar-refractivity contribution in [3.05, 3.63) is 81.7 Å². The van der Waals surface area contributed by atoms with Gasteiger partial charge in [-0.25, -0.2) is 0 Å². The summed E-state index contributed by atoms with van der Waals surface area (Å²) in [6, 6.07) is 12.1. The van der Waals surface area contributed by atoms with Gasteiger partial charge in [-0.2, -0.15) is 13.2 Å². The lowest BCUT2D eigenvalue weighted by atomic mass is 10.1. The summed E-state index contributed by atoms with van der Waals surface area (Å²) in [5.74, 6) is -0.976. The van der Waals surface area contributed by atoms with E-state index in [1.54, 1.807) is 12.1 Å². The molecule has 1 heterocycles. The predicted octanol–water partition coefficient (Wildman–Crippen LogP) is 5.55. The topological polar surface area (TPSA) is 80.6 Å². The Morgan fingerprint density at radius 3 is 2.50 bits per heavy atom. The number of benzene rings is 2. The summed E-state index contributed by atoms with van der Waals surface area (Å²) in [6.45, 7) is -0.582. The number of hydrogen-bond acceptors (Lipinski definition) is 4. The van der Waals surface area contributed by atoms with Crippen LogP contribution in [0.2, 0.25) is 10.0 Å². The molecule has 0 aliphatic heterocycles. The van der Waals surface area contributed by atoms with Crippen LogP contribution in [0.25, 0.3) is 0 Å². The molecule has 1 aromatic heterocycles. The first kappa shape index (κ1) is 23.5. The SMILES string of the molecule is O=C(CNC(=O)c1ccc(COc2ccc(Cl)cc2Cl)o1)Nc1ccccc1C(F)(F)F. The van der Waals surface area contributed by atoms with Crippen molar-refractivity contribution in [1.82, 2.24) is 5.32 Å². The Balaban J connectivity index is 1.53. The highest BCUT2D eigenvalue weighted by Gasteiger charge is 2.33. The maximum absolute atomic E-state index is 13.0. The molecule has 0 fully saturated rings. The van der Waals surface area contributed by atoms with Crippen molar-refractivity contribution in [1.29, 1.82) is 0 Å². The van der Waals surface area contributed by atoms with Gasteiger partial charge < -0.3 is 19.8 Å². The number of carbonyl (C=O) groups is 2. The largest absolute Gasteiger partial charge is 0.484 e. The molecule has 2 N–H and O–H groups in total. The molecule has 0 atom stereocenters. The van der Waals surface area contributed by atoms with Crippen LogP contribution < -0.4 is 15.4 Å². The van der Waals surface area contributed by atoms with Gasteiger partial charge in [-0.3, -0.25) is 9.59 Å². The number of amides is 2. The number of para-hydroxylation sites is 1. The molecule has 0 unspecified atom stereocenters. The minimum Gasteiger partial charge on any atom is -0.484 e. The van der Waals surface area contributed by atoms with E-state index >= 15 is 0 Å². The molecule has 0 saturated heterocycles. The Bertz CT molecular complexity index is 1130. The van der Waals surface area contributed by atoms with E-state index in [2.05, 4.69) is 10.6 Å². The van der Waals surface area contributed by atoms with Gasteiger partial charge in [0, 0.05) is 5.02 Å². The molecule has 0 radical (unpaired) electrons. The van der Waals surface area contributed by atoms with Gasteiger partial charge in [-0.1, -0.05) is 35.3 Å². The molecule has 3 rings (SSSR count). The summed E-state index contributed by atoms with van der Waals surface area (Å²) in [4.78, 5) is 24.1. The predicted molar refractivity (Wildman–Crippen MR) is 112 cm³/mol. The number of halogens is 5. The first-order valence-electron chi connectivity index (χ1n) is 9.04. The molecule has 0 bridgehead atoms. The van der Waals surface area contributed by atoms with Gasteiger partial charge in [-0.15, -0.1) is 0 Å². The fourth-order valence-electron chi connectivity index (χ4n) is 2.60. The first-order valence-corrected chi connectivity index (χ1v) is 9.80. The van der Waals surface area contributed by atoms with Crippen molar-refractivity contribution in [2.45, 2.75) is 12.8 Å². The van der Waals surface area contributed by atoms with E-state index in [0.29, 0.717) is 21.6 Å². The Kier molecular flexibility index (Phi) is 7.32. The molecular formula is C21H15Cl2F3N2O4. The highest BCUT2D eigenvalue weighted by molar-refractivity contribution is 6.35. The number of carbonyl (C=O) groups excluding carboxylic acids is 2. The highest BCUT2D eigenvalue weighted by Crippen LogP contribution is 2.34. The molecule has 11 heteroatoms. The van der Waals surface area contributed by atoms with Crippen molar-refractivity contribution in [2.24, 2.45) is 0 Å². The van der Waals surface area contributed by atoms with Crippen LogP contribution in [0.5, 0.6) is 5.75 Å². The van der Waals surface area contributed by atoms with Crippen LogP contribution >= 0.6 is 23.2 Å². The lowest BCUT2D eigenvalue weighted by Gasteiger charge is -2.13. The number of hydrogen-bond donors (Lipinski definition) is 2. The molecule has 6 nitrogen and oxygen atoms in total. The van der Waals surface area contributed by atoms with E-state index in [9.17, 15) is 22.8 Å². The van der Waals surface area contributed by atoms with Crippen LogP contribution in [0.1, 0.15) is 21.9 Å². The fourth-order valence-corrected chi connectivity index (χ4v) is 3.06. The highest BCUT2D eigenvalue weighted by atomic mass is 35.5. The minimum atomic E-state index is -4.63. The van der Waals surface area contributed by atoms with Crippen LogP contribution in [0, 0.1) is 0 Å². The minimum absolute atomic E-state index is 0.0245. The maximum Gasteiger partial charge on any atom is 0.418 e. The van der Waals surface area contributed by atoms with Gasteiger partial charge in [0.1, 0.15) is 18.1 Å². The van der Waals surface area contributed by atoms with Crippen molar-refractivity contribution in [2.75, 3.05) is 11.9 Å². The second-order valence-corrected chi connectivity index (χ2v) is 7.25. The standard InChI is InChI=1S/C21H15Cl2F3N2O4/c22-12-5-7-17(15(23)9-12)31-11-13-6-8-18(32-13)20(30)27-10-19(29)28-16-4-2-1-3-14(16)21(24,25)26/h1-9H,10-11H2,(H,27,30)(H,28,29). The summed E-state index contributed by atoms with van der Waals surface area (Å²) < 4.78 is 49.8. The summed E-state index contributed by atoms with van der Waals surface area (Å²) in [5.41, 5.74) is -1.39. The van der Waals surface area contributed by atoms with E-state index in [1.807, 2.05) is 0 Å². The monoisotopic (exact) mass is 486 g/mol. The molecule has 2 amide bonds. The molecule has 3 aromatic rings. The van der Waals surface area contributed by atoms with Crippen LogP contribution in [0.3, 0.4) is 0 Å². The molecule has 0 aliphatic rings. The molecule has 0 spiro atoms. The van der Waals surface area contributed by atoms with Crippen molar-refractivity contribution >= 4 is 40.7 Å². The van der Waals surface area contributed by atoms with Crippen LogP contribution in [0.15, 0.2) is 59.0 Å². The molecule has 0 saturated carbocycles. The smallest absolute Gasteiger partial charge is 0.418 e. The van der Waals surface area contributed by atoms with Gasteiger partial charge in [0.2, 0.25) is 5.91 Å². The molecule has 168 valence electrons. The number of anilines is 1. The molecule has 32 heavy (non-hydrogen) atoms. The Labute approximate surface area is 190 Å². The zero-order valence-corrected chi connectivity index (χ0v) is 17.6. The Morgan fingerprint density at radius 2 is 1.78 bits per heavy atom. The lowest BCUT2D eigenvalue weighted by Crippen LogP contribution is -2.33. The van der Waals surface area contributed by atoms with E-state index in [4.69, 9.17) is 32.4 Å². The average molecular weight is 487 g/mol. The van der Waals surface area contributed by atoms with Gasteiger partial charge in [0.25, 0.3) is 5.91 Å². The van der Waals surface area contributed by atoms with Gasteiger partial charge in [-0.05, 0) is 42.5 Å². The number of ether oxygens (including phenoxy) is 1. The van der Waals surface area contributed by atoms with Crippen LogP contribution in [-0.2, 0) is 17.6 Å². The van der Waals surface area contributed by atoms with Crippen molar-refractivity contribution in [3.8, 4) is 5.75 Å². The zero-order chi connectivity index (χ0) is 23.3. The average Bonchev–Trinajstić information content (AvgIpc) is 3.20. The van der Waals surface area contributed by atoms with E-state index in [-0.39, 0.29) is 12.4 Å². The third-order valence-corrected chi connectivity index (χ3v) is 4.60. The summed E-state index contributed by atoms with van der Waals surface area (Å²) >= 11 is 11.8. The quantitative estimate of drug-likeness (QED) is 0.458. The Hall–Kier alpha value is -3.17. The number of rotatable bonds is 7. The lowest BCUT2D eigenvalue weighted by molar-refractivity contribution is -0.137. The number of furan rings is 1. The zero-order valence-electron chi connectivity index (χ0n) is 16.1. The molecular weight excluding hydrogens is 472 g/mol. The number of alkyl halides is 3. The summed E-state index contributed by atoms with van der Waals surface area (Å²) in [5, 5.41) is 5.16. The summed E-state index contributed by atoms with van der Waals surface area (Å²) in [6.07, 6.45) is -4.63. The van der Waals surface area contributed by atoms with Gasteiger partial charge in [0.15, 0.2) is 5.76 Å². The third kappa shape index (κ3) is 6.18. The van der Waals surface area contributed by atoms with Gasteiger partial charge >= 0.3 is 6.18 Å². The normalized spacial score (nSPS) is 11.2. The van der Waals surface area contributed by atoms with E-state index in [0.717, 1.165) is 12.1 Å². The second kappa shape index (κ2) is 9.97. The van der Waals surface area contributed by atoms with Gasteiger partial charge in [0.05, 0.1) is 22.8 Å². The van der Waals surface area contributed by atoms with E-state index in [1.165, 1.54) is 30.3 Å². The van der Waals surface area contributed by atoms with Crippen LogP contribution in [-0.4, -0.2) is 18.4 Å². The number of nitrogens with one attached hydrogen (secondary N) is 2. The Morgan fingerprint density at radius 1 is 1.03 bits per heavy atom.